The number of hydrogen-bond acceptors (Lipinski definition) is 6. The van der Waals surface area contributed by atoms with E-state index in [1.807, 2.05) is 34.9 Å². The number of carbonyl (C=O) groups is 3. The Morgan fingerprint density at radius 1 is 1.03 bits per heavy atom. The molecule has 0 fully saturated rings. The van der Waals surface area contributed by atoms with Gasteiger partial charge in [0.2, 0.25) is 11.8 Å². The number of aryl methyl sites for hydroxylation is 1. The Morgan fingerprint density at radius 2 is 1.74 bits per heavy atom. The molecule has 4 N–H and O–H groups in total. The summed E-state index contributed by atoms with van der Waals surface area (Å²) in [4.78, 5) is 36.6. The molecule has 1 aromatic heterocycles. The van der Waals surface area contributed by atoms with Crippen LogP contribution < -0.4 is 16.4 Å². The lowest BCUT2D eigenvalue weighted by Crippen LogP contribution is -2.25. The van der Waals surface area contributed by atoms with E-state index in [1.165, 1.54) is 11.8 Å². The van der Waals surface area contributed by atoms with E-state index >= 15 is 0 Å². The van der Waals surface area contributed by atoms with Crippen LogP contribution in [0.2, 0.25) is 0 Å². The Hall–Kier alpha value is -3.66. The maximum atomic E-state index is 12.7. The predicted molar refractivity (Wildman–Crippen MR) is 136 cm³/mol. The third-order valence-electron chi connectivity index (χ3n) is 5.01. The molecule has 3 amide bonds. The fourth-order valence-electron chi connectivity index (χ4n) is 3.37. The van der Waals surface area contributed by atoms with Gasteiger partial charge in [-0.15, -0.1) is 10.2 Å². The molecule has 0 unspecified atom stereocenters. The molecular weight excluding hydrogens is 464 g/mol. The van der Waals surface area contributed by atoms with E-state index in [0.717, 1.165) is 5.56 Å². The van der Waals surface area contributed by atoms with Gasteiger partial charge in [-0.25, -0.2) is 0 Å². The second-order valence-electron chi connectivity index (χ2n) is 8.42. The number of hydrogen-bond donors (Lipinski definition) is 3. The highest BCUT2D eigenvalue weighted by Gasteiger charge is 2.17. The van der Waals surface area contributed by atoms with Crippen molar-refractivity contribution in [2.45, 2.75) is 44.9 Å². The van der Waals surface area contributed by atoms with Crippen LogP contribution in [-0.4, -0.2) is 38.2 Å². The number of anilines is 1. The van der Waals surface area contributed by atoms with Crippen molar-refractivity contribution < 1.29 is 14.4 Å². The minimum absolute atomic E-state index is 0.0893. The van der Waals surface area contributed by atoms with Crippen molar-refractivity contribution >= 4 is 35.2 Å². The molecule has 184 valence electrons. The van der Waals surface area contributed by atoms with Crippen molar-refractivity contribution in [3.63, 3.8) is 0 Å². The Bertz CT molecular complexity index is 1160. The molecule has 9 nitrogen and oxygen atoms in total. The molecule has 35 heavy (non-hydrogen) atoms. The van der Waals surface area contributed by atoms with Crippen LogP contribution in [0.25, 0.3) is 0 Å². The lowest BCUT2D eigenvalue weighted by atomic mass is 10.1. The van der Waals surface area contributed by atoms with Gasteiger partial charge >= 0.3 is 0 Å². The van der Waals surface area contributed by atoms with Gasteiger partial charge in [-0.2, -0.15) is 0 Å². The highest BCUT2D eigenvalue weighted by atomic mass is 32.2. The number of benzene rings is 2. The highest BCUT2D eigenvalue weighted by molar-refractivity contribution is 7.99. The summed E-state index contributed by atoms with van der Waals surface area (Å²) in [6.07, 6.45) is 0.581. The third kappa shape index (κ3) is 7.96. The van der Waals surface area contributed by atoms with E-state index < -0.39 is 5.91 Å². The molecule has 3 aromatic rings. The molecule has 0 saturated carbocycles. The van der Waals surface area contributed by atoms with Crippen LogP contribution in [0.3, 0.4) is 0 Å². The Labute approximate surface area is 208 Å². The highest BCUT2D eigenvalue weighted by Crippen LogP contribution is 2.21. The molecule has 0 aliphatic heterocycles. The standard InChI is InChI=1S/C25H30N6O3S/c1-17(2)15-31-22(13-12-21(26)32)29-30-25(31)35-16-23(33)28-20-11-7-6-10-19(20)24(34)27-14-18-8-4-3-5-9-18/h3-11,17H,12-16H2,1-2H3,(H2,26,32)(H,27,34)(H,28,33). The minimum Gasteiger partial charge on any atom is -0.370 e. The molecule has 1 heterocycles. The molecule has 0 saturated heterocycles. The molecule has 0 spiro atoms. The van der Waals surface area contributed by atoms with E-state index in [9.17, 15) is 14.4 Å². The average molecular weight is 495 g/mol. The zero-order chi connectivity index (χ0) is 25.2. The van der Waals surface area contributed by atoms with Gasteiger partial charge in [-0.1, -0.05) is 68.1 Å². The van der Waals surface area contributed by atoms with Crippen LogP contribution in [0.5, 0.6) is 0 Å². The number of nitrogens with two attached hydrogens (primary N) is 1. The predicted octanol–water partition coefficient (Wildman–Crippen LogP) is 3.01. The van der Waals surface area contributed by atoms with Gasteiger partial charge in [-0.05, 0) is 23.6 Å². The number of thioether (sulfide) groups is 1. The monoisotopic (exact) mass is 494 g/mol. The third-order valence-corrected chi connectivity index (χ3v) is 5.98. The van der Waals surface area contributed by atoms with Crippen LogP contribution in [0.15, 0.2) is 59.8 Å². The maximum absolute atomic E-state index is 12.7. The first kappa shape index (κ1) is 26.0. The summed E-state index contributed by atoms with van der Waals surface area (Å²) < 4.78 is 1.93. The molecule has 0 radical (unpaired) electrons. The van der Waals surface area contributed by atoms with E-state index in [0.29, 0.717) is 47.7 Å². The topological polar surface area (TPSA) is 132 Å². The van der Waals surface area contributed by atoms with Crippen molar-refractivity contribution in [3.8, 4) is 0 Å². The average Bonchev–Trinajstić information content (AvgIpc) is 3.21. The lowest BCUT2D eigenvalue weighted by molar-refractivity contribution is -0.118. The quantitative estimate of drug-likeness (QED) is 0.332. The number of nitrogens with one attached hydrogen (secondary N) is 2. The number of amides is 3. The Balaban J connectivity index is 1.62. The maximum Gasteiger partial charge on any atom is 0.253 e. The van der Waals surface area contributed by atoms with Crippen molar-refractivity contribution in [2.75, 3.05) is 11.1 Å². The van der Waals surface area contributed by atoms with Crippen LogP contribution in [0, 0.1) is 5.92 Å². The summed E-state index contributed by atoms with van der Waals surface area (Å²) >= 11 is 1.25. The van der Waals surface area contributed by atoms with E-state index in [4.69, 9.17) is 5.73 Å². The van der Waals surface area contributed by atoms with E-state index in [2.05, 4.69) is 34.7 Å². The van der Waals surface area contributed by atoms with Crippen molar-refractivity contribution in [2.24, 2.45) is 11.7 Å². The molecule has 10 heteroatoms. The molecule has 0 aliphatic carbocycles. The van der Waals surface area contributed by atoms with Crippen molar-refractivity contribution in [3.05, 3.63) is 71.5 Å². The normalized spacial score (nSPS) is 10.8. The van der Waals surface area contributed by atoms with Gasteiger partial charge in [-0.3, -0.25) is 14.4 Å². The summed E-state index contributed by atoms with van der Waals surface area (Å²) in [5.74, 6) is 0.147. The van der Waals surface area contributed by atoms with Gasteiger partial charge in [0.15, 0.2) is 5.16 Å². The van der Waals surface area contributed by atoms with Gasteiger partial charge in [0.1, 0.15) is 5.82 Å². The fourth-order valence-corrected chi connectivity index (χ4v) is 4.14. The Kier molecular flexibility index (Phi) is 9.42. The number of para-hydroxylation sites is 1. The van der Waals surface area contributed by atoms with Crippen molar-refractivity contribution in [1.29, 1.82) is 0 Å². The lowest BCUT2D eigenvalue weighted by Gasteiger charge is -2.13. The minimum atomic E-state index is -0.399. The van der Waals surface area contributed by atoms with Gasteiger partial charge in [0.25, 0.3) is 5.91 Å². The first-order valence-corrected chi connectivity index (χ1v) is 12.4. The number of carbonyl (C=O) groups excluding carboxylic acids is 3. The number of primary amides is 1. The zero-order valence-electron chi connectivity index (χ0n) is 19.9. The molecule has 2 aromatic carbocycles. The Morgan fingerprint density at radius 3 is 2.46 bits per heavy atom. The van der Waals surface area contributed by atoms with Gasteiger partial charge in [0.05, 0.1) is 17.0 Å². The van der Waals surface area contributed by atoms with Gasteiger partial charge in [0, 0.05) is 25.9 Å². The summed E-state index contributed by atoms with van der Waals surface area (Å²) in [6.45, 7) is 5.19. The first-order chi connectivity index (χ1) is 16.8. The first-order valence-electron chi connectivity index (χ1n) is 11.4. The second-order valence-corrected chi connectivity index (χ2v) is 9.36. The molecule has 3 rings (SSSR count). The zero-order valence-corrected chi connectivity index (χ0v) is 20.7. The van der Waals surface area contributed by atoms with E-state index in [-0.39, 0.29) is 24.0 Å². The van der Waals surface area contributed by atoms with Crippen LogP contribution in [0.4, 0.5) is 5.69 Å². The summed E-state index contributed by atoms with van der Waals surface area (Å²) in [5.41, 5.74) is 7.08. The SMILES string of the molecule is CC(C)Cn1c(CCC(N)=O)nnc1SCC(=O)Nc1ccccc1C(=O)NCc1ccccc1. The number of aromatic nitrogens is 3. The number of nitrogens with zero attached hydrogens (tertiary/aromatic N) is 3. The van der Waals surface area contributed by atoms with Crippen LogP contribution in [0.1, 0.15) is 42.0 Å². The molecule has 0 bridgehead atoms. The van der Waals surface area contributed by atoms with Gasteiger partial charge < -0.3 is 20.9 Å². The molecule has 0 aliphatic rings. The smallest absolute Gasteiger partial charge is 0.253 e. The van der Waals surface area contributed by atoms with Crippen molar-refractivity contribution in [1.82, 2.24) is 20.1 Å². The van der Waals surface area contributed by atoms with E-state index in [1.54, 1.807) is 24.3 Å². The number of rotatable bonds is 12. The summed E-state index contributed by atoms with van der Waals surface area (Å²) in [7, 11) is 0. The fraction of sp³-hybridized carbons (Fsp3) is 0.320. The summed E-state index contributed by atoms with van der Waals surface area (Å²) in [5, 5.41) is 14.7. The molecular formula is C25H30N6O3S. The van der Waals surface area contributed by atoms with Crippen LogP contribution in [-0.2, 0) is 29.1 Å². The second kappa shape index (κ2) is 12.7. The van der Waals surface area contributed by atoms with Crippen LogP contribution >= 0.6 is 11.8 Å². The largest absolute Gasteiger partial charge is 0.370 e. The summed E-state index contributed by atoms with van der Waals surface area (Å²) in [6, 6.07) is 16.5. The molecule has 0 atom stereocenters.